The second-order valence-corrected chi connectivity index (χ2v) is 12.3. The number of carbonyl (C=O) groups excluding carboxylic acids is 2. The first-order valence-electron chi connectivity index (χ1n) is 11.7. The summed E-state index contributed by atoms with van der Waals surface area (Å²) in [5.41, 5.74) is 0.195. The highest BCUT2D eigenvalue weighted by atomic mass is 33.1. The van der Waals surface area contributed by atoms with Gasteiger partial charge in [0.1, 0.15) is 5.78 Å². The number of ketones is 1. The molecule has 0 radical (unpaired) electrons. The molecule has 0 heterocycles. The van der Waals surface area contributed by atoms with Crippen LogP contribution in [0, 0.1) is 10.8 Å². The van der Waals surface area contributed by atoms with E-state index in [-0.39, 0.29) is 11.3 Å². The maximum absolute atomic E-state index is 12.5. The molecule has 0 saturated heterocycles. The van der Waals surface area contributed by atoms with Crippen molar-refractivity contribution in [1.82, 2.24) is 5.32 Å². The van der Waals surface area contributed by atoms with Crippen LogP contribution in [0.4, 0.5) is 0 Å². The first-order chi connectivity index (χ1) is 13.6. The summed E-state index contributed by atoms with van der Waals surface area (Å²) >= 11 is 0. The van der Waals surface area contributed by atoms with Crippen LogP contribution in [0.3, 0.4) is 0 Å². The van der Waals surface area contributed by atoms with Crippen LogP contribution in [0.2, 0.25) is 0 Å². The lowest BCUT2D eigenvalue weighted by atomic mass is 9.79. The average molecular weight is 446 g/mol. The van der Waals surface area contributed by atoms with E-state index < -0.39 is 0 Å². The Morgan fingerprint density at radius 3 is 1.76 bits per heavy atom. The second kappa shape index (κ2) is 14.8. The topological polar surface area (TPSA) is 46.2 Å². The number of nitrogens with one attached hydrogen (secondary N) is 1. The van der Waals surface area contributed by atoms with E-state index in [1.807, 2.05) is 21.6 Å². The summed E-state index contributed by atoms with van der Waals surface area (Å²) in [5, 5.41) is 3.99. The average Bonchev–Trinajstić information content (AvgIpc) is 2.73. The molecule has 0 aliphatic rings. The van der Waals surface area contributed by atoms with Gasteiger partial charge in [0.05, 0.1) is 0 Å². The van der Waals surface area contributed by atoms with Gasteiger partial charge >= 0.3 is 0 Å². The fourth-order valence-corrected chi connectivity index (χ4v) is 5.62. The standard InChI is InChI=1S/C24H47NO2S2/c1-9-23(7,10-2)17-18-25-22(27)16-14-20(6)29-28-19(5)13-15-21(26)24(8,11-3)12-4/h19-20H,9-18H2,1-8H3,(H,25,27). The SMILES string of the molecule is CCC(C)(CC)CCNC(=O)CCC(C)SSC(C)CCC(=O)C(C)(CC)CC. The van der Waals surface area contributed by atoms with Gasteiger partial charge in [-0.05, 0) is 37.5 Å². The first-order valence-corrected chi connectivity index (χ1v) is 14.0. The molecule has 0 aliphatic carbocycles. The summed E-state index contributed by atoms with van der Waals surface area (Å²) in [6.07, 6.45) is 8.33. The molecular weight excluding hydrogens is 398 g/mol. The number of carbonyl (C=O) groups is 2. The van der Waals surface area contributed by atoms with E-state index in [1.54, 1.807) is 0 Å². The molecule has 0 aromatic heterocycles. The summed E-state index contributed by atoms with van der Waals surface area (Å²) in [5.74, 6) is 0.584. The van der Waals surface area contributed by atoms with Crippen LogP contribution in [-0.2, 0) is 9.59 Å². The summed E-state index contributed by atoms with van der Waals surface area (Å²) in [7, 11) is 3.72. The number of hydrogen-bond acceptors (Lipinski definition) is 4. The van der Waals surface area contributed by atoms with Gasteiger partial charge in [-0.25, -0.2) is 0 Å². The van der Waals surface area contributed by atoms with Crippen LogP contribution in [-0.4, -0.2) is 28.7 Å². The summed E-state index contributed by atoms with van der Waals surface area (Å²) in [4.78, 5) is 24.6. The Labute approximate surface area is 189 Å². The van der Waals surface area contributed by atoms with Gasteiger partial charge in [-0.15, -0.1) is 0 Å². The molecule has 29 heavy (non-hydrogen) atoms. The highest BCUT2D eigenvalue weighted by Gasteiger charge is 2.28. The number of hydrogen-bond donors (Lipinski definition) is 1. The van der Waals surface area contributed by atoms with Crippen molar-refractivity contribution in [3.8, 4) is 0 Å². The molecule has 0 saturated carbocycles. The largest absolute Gasteiger partial charge is 0.356 e. The monoisotopic (exact) mass is 445 g/mol. The summed E-state index contributed by atoms with van der Waals surface area (Å²) < 4.78 is 0. The highest BCUT2D eigenvalue weighted by molar-refractivity contribution is 8.77. The molecule has 0 aromatic carbocycles. The molecular formula is C24H47NO2S2. The van der Waals surface area contributed by atoms with Gasteiger partial charge in [-0.1, -0.05) is 89.8 Å². The van der Waals surface area contributed by atoms with Crippen molar-refractivity contribution in [2.75, 3.05) is 6.54 Å². The van der Waals surface area contributed by atoms with Gasteiger partial charge < -0.3 is 5.32 Å². The Morgan fingerprint density at radius 1 is 0.828 bits per heavy atom. The van der Waals surface area contributed by atoms with E-state index in [2.05, 4.69) is 60.7 Å². The van der Waals surface area contributed by atoms with Crippen LogP contribution in [0.5, 0.6) is 0 Å². The molecule has 0 aliphatic heterocycles. The third kappa shape index (κ3) is 11.7. The number of rotatable bonds is 17. The van der Waals surface area contributed by atoms with Crippen LogP contribution >= 0.6 is 21.6 Å². The van der Waals surface area contributed by atoms with Gasteiger partial charge in [0.15, 0.2) is 0 Å². The van der Waals surface area contributed by atoms with Gasteiger partial charge in [0.25, 0.3) is 0 Å². The van der Waals surface area contributed by atoms with Crippen molar-refractivity contribution in [3.63, 3.8) is 0 Å². The van der Waals surface area contributed by atoms with Crippen molar-refractivity contribution in [2.24, 2.45) is 10.8 Å². The van der Waals surface area contributed by atoms with E-state index in [9.17, 15) is 9.59 Å². The smallest absolute Gasteiger partial charge is 0.220 e. The van der Waals surface area contributed by atoms with E-state index in [4.69, 9.17) is 0 Å². The van der Waals surface area contributed by atoms with Crippen molar-refractivity contribution < 1.29 is 9.59 Å². The zero-order valence-electron chi connectivity index (χ0n) is 20.4. The molecule has 1 N–H and O–H groups in total. The highest BCUT2D eigenvalue weighted by Crippen LogP contribution is 2.36. The van der Waals surface area contributed by atoms with Gasteiger partial charge in [-0.2, -0.15) is 0 Å². The zero-order valence-corrected chi connectivity index (χ0v) is 22.0. The van der Waals surface area contributed by atoms with Crippen LogP contribution in [0.1, 0.15) is 113 Å². The number of Topliss-reactive ketones (excluding diaryl/α,β-unsaturated/α-hetero) is 1. The molecule has 0 fully saturated rings. The Kier molecular flexibility index (Phi) is 14.7. The second-order valence-electron chi connectivity index (χ2n) is 9.20. The normalized spacial score (nSPS) is 14.5. The molecule has 2 atom stereocenters. The molecule has 2 unspecified atom stereocenters. The van der Waals surface area contributed by atoms with E-state index in [1.165, 1.54) is 0 Å². The maximum Gasteiger partial charge on any atom is 0.220 e. The van der Waals surface area contributed by atoms with Crippen molar-refractivity contribution in [2.45, 2.75) is 124 Å². The van der Waals surface area contributed by atoms with E-state index in [0.717, 1.165) is 51.5 Å². The van der Waals surface area contributed by atoms with Crippen molar-refractivity contribution in [1.29, 1.82) is 0 Å². The third-order valence-corrected chi connectivity index (χ3v) is 10.5. The Morgan fingerprint density at radius 2 is 1.31 bits per heavy atom. The zero-order chi connectivity index (χ0) is 22.5. The molecule has 172 valence electrons. The fourth-order valence-electron chi connectivity index (χ4n) is 3.10. The maximum atomic E-state index is 12.5. The van der Waals surface area contributed by atoms with E-state index in [0.29, 0.717) is 34.5 Å². The number of amides is 1. The predicted molar refractivity (Wildman–Crippen MR) is 133 cm³/mol. The molecule has 0 bridgehead atoms. The Balaban J connectivity index is 4.01. The molecule has 1 amide bonds. The Hall–Kier alpha value is -0.160. The van der Waals surface area contributed by atoms with Crippen LogP contribution < -0.4 is 5.32 Å². The molecule has 0 rings (SSSR count). The van der Waals surface area contributed by atoms with E-state index >= 15 is 0 Å². The van der Waals surface area contributed by atoms with Crippen LogP contribution in [0.25, 0.3) is 0 Å². The Bertz CT molecular complexity index is 474. The van der Waals surface area contributed by atoms with Crippen LogP contribution in [0.15, 0.2) is 0 Å². The quantitative estimate of drug-likeness (QED) is 0.236. The summed E-state index contributed by atoms with van der Waals surface area (Å²) in [6, 6.07) is 0. The van der Waals surface area contributed by atoms with Gasteiger partial charge in [0, 0.05) is 35.3 Å². The minimum absolute atomic E-state index is 0.149. The van der Waals surface area contributed by atoms with Crippen molar-refractivity contribution >= 4 is 33.3 Å². The third-order valence-electron chi connectivity index (χ3n) is 6.93. The lowest BCUT2D eigenvalue weighted by molar-refractivity contribution is -0.128. The summed E-state index contributed by atoms with van der Waals surface area (Å²) in [6.45, 7) is 18.3. The lowest BCUT2D eigenvalue weighted by Gasteiger charge is -2.26. The van der Waals surface area contributed by atoms with Crippen molar-refractivity contribution in [3.05, 3.63) is 0 Å². The molecule has 0 aromatic rings. The molecule has 3 nitrogen and oxygen atoms in total. The van der Waals surface area contributed by atoms with Gasteiger partial charge in [-0.3, -0.25) is 9.59 Å². The minimum atomic E-state index is -0.149. The lowest BCUT2D eigenvalue weighted by Crippen LogP contribution is -2.29. The predicted octanol–water partition coefficient (Wildman–Crippen LogP) is 7.43. The first kappa shape index (κ1) is 28.8. The fraction of sp³-hybridized carbons (Fsp3) is 0.917. The molecule has 5 heteroatoms. The molecule has 0 spiro atoms. The minimum Gasteiger partial charge on any atom is -0.356 e. The van der Waals surface area contributed by atoms with Gasteiger partial charge in [0.2, 0.25) is 5.91 Å².